The summed E-state index contributed by atoms with van der Waals surface area (Å²) in [5.41, 5.74) is 8.34. The Morgan fingerprint density at radius 2 is 1.82 bits per heavy atom. The van der Waals surface area contributed by atoms with Crippen LogP contribution in [0.15, 0.2) is 36.7 Å². The molecule has 2 fully saturated rings. The van der Waals surface area contributed by atoms with E-state index in [0.717, 1.165) is 29.5 Å². The Kier molecular flexibility index (Phi) is 7.91. The number of likely N-dealkylation sites (N-methyl/N-ethyl adjacent to an activating group) is 1. The summed E-state index contributed by atoms with van der Waals surface area (Å²) in [7, 11) is 1.74. The van der Waals surface area contributed by atoms with Crippen molar-refractivity contribution in [2.75, 3.05) is 57.9 Å². The number of carbonyl (C=O) groups is 2. The van der Waals surface area contributed by atoms with E-state index >= 15 is 0 Å². The SMILES string of the molecule is CN(Cc1cccc(-c2cnc(N3CCN(C(=O)OC4CCOCC4)CC3)nc2)c1)C(=O)CN. The van der Waals surface area contributed by atoms with Crippen molar-refractivity contribution in [3.8, 4) is 11.1 Å². The number of benzene rings is 1. The molecule has 1 aromatic carbocycles. The number of ether oxygens (including phenoxy) is 2. The van der Waals surface area contributed by atoms with E-state index in [1.54, 1.807) is 16.8 Å². The number of piperazine rings is 1. The normalized spacial score (nSPS) is 16.9. The Bertz CT molecular complexity index is 972. The second-order valence-corrected chi connectivity index (χ2v) is 8.60. The molecule has 182 valence electrons. The zero-order valence-electron chi connectivity index (χ0n) is 19.6. The van der Waals surface area contributed by atoms with Gasteiger partial charge in [-0.3, -0.25) is 4.79 Å². The highest BCUT2D eigenvalue weighted by molar-refractivity contribution is 5.77. The lowest BCUT2D eigenvalue weighted by atomic mass is 10.1. The first-order valence-electron chi connectivity index (χ1n) is 11.7. The molecular weight excluding hydrogens is 436 g/mol. The molecule has 0 bridgehead atoms. The summed E-state index contributed by atoms with van der Waals surface area (Å²) in [4.78, 5) is 38.7. The van der Waals surface area contributed by atoms with Crippen LogP contribution in [0.4, 0.5) is 10.7 Å². The van der Waals surface area contributed by atoms with Crippen molar-refractivity contribution < 1.29 is 19.1 Å². The van der Waals surface area contributed by atoms with Crippen molar-refractivity contribution in [3.63, 3.8) is 0 Å². The summed E-state index contributed by atoms with van der Waals surface area (Å²) in [6, 6.07) is 7.96. The van der Waals surface area contributed by atoms with Gasteiger partial charge in [0.2, 0.25) is 11.9 Å². The Morgan fingerprint density at radius 1 is 1.12 bits per heavy atom. The predicted molar refractivity (Wildman–Crippen MR) is 127 cm³/mol. The number of hydrogen-bond acceptors (Lipinski definition) is 8. The van der Waals surface area contributed by atoms with Gasteiger partial charge in [0.1, 0.15) is 6.10 Å². The van der Waals surface area contributed by atoms with E-state index in [2.05, 4.69) is 14.9 Å². The highest BCUT2D eigenvalue weighted by Gasteiger charge is 2.26. The molecule has 2 N–H and O–H groups in total. The van der Waals surface area contributed by atoms with Gasteiger partial charge in [-0.15, -0.1) is 0 Å². The molecule has 10 nitrogen and oxygen atoms in total. The molecule has 0 radical (unpaired) electrons. The summed E-state index contributed by atoms with van der Waals surface area (Å²) >= 11 is 0. The van der Waals surface area contributed by atoms with E-state index in [0.29, 0.717) is 51.9 Å². The number of rotatable bonds is 6. The third kappa shape index (κ3) is 6.00. The lowest BCUT2D eigenvalue weighted by Crippen LogP contribution is -2.50. The van der Waals surface area contributed by atoms with Crippen LogP contribution in [-0.2, 0) is 20.8 Å². The van der Waals surface area contributed by atoms with Crippen LogP contribution in [0.2, 0.25) is 0 Å². The monoisotopic (exact) mass is 468 g/mol. The summed E-state index contributed by atoms with van der Waals surface area (Å²) in [5.74, 6) is 0.542. The molecule has 2 aliphatic heterocycles. The fourth-order valence-electron chi connectivity index (χ4n) is 4.10. The summed E-state index contributed by atoms with van der Waals surface area (Å²) in [5, 5.41) is 0. The predicted octanol–water partition coefficient (Wildman–Crippen LogP) is 1.50. The Balaban J connectivity index is 1.31. The van der Waals surface area contributed by atoms with Crippen LogP contribution in [0.3, 0.4) is 0 Å². The zero-order chi connectivity index (χ0) is 23.9. The maximum absolute atomic E-state index is 12.4. The Hall–Kier alpha value is -3.24. The van der Waals surface area contributed by atoms with Crippen LogP contribution in [0.1, 0.15) is 18.4 Å². The number of amides is 2. The third-order valence-corrected chi connectivity index (χ3v) is 6.18. The highest BCUT2D eigenvalue weighted by Crippen LogP contribution is 2.22. The standard InChI is InChI=1S/C24H32N6O4/c1-28(22(31)14-25)17-18-3-2-4-19(13-18)20-15-26-23(27-16-20)29-7-9-30(10-8-29)24(32)34-21-5-11-33-12-6-21/h2-4,13,15-16,21H,5-12,14,17,25H2,1H3. The van der Waals surface area contributed by atoms with E-state index in [1.165, 1.54) is 0 Å². The minimum absolute atomic E-state index is 0.00309. The molecule has 34 heavy (non-hydrogen) atoms. The van der Waals surface area contributed by atoms with Crippen LogP contribution in [-0.4, -0.2) is 90.9 Å². The number of nitrogens with zero attached hydrogens (tertiary/aromatic N) is 5. The maximum Gasteiger partial charge on any atom is 0.410 e. The fourth-order valence-corrected chi connectivity index (χ4v) is 4.10. The van der Waals surface area contributed by atoms with E-state index in [1.807, 2.05) is 36.7 Å². The van der Waals surface area contributed by atoms with Crippen molar-refractivity contribution in [2.45, 2.75) is 25.5 Å². The van der Waals surface area contributed by atoms with Gasteiger partial charge >= 0.3 is 6.09 Å². The smallest absolute Gasteiger partial charge is 0.410 e. The number of anilines is 1. The highest BCUT2D eigenvalue weighted by atomic mass is 16.6. The van der Waals surface area contributed by atoms with Crippen LogP contribution < -0.4 is 10.6 Å². The molecule has 4 rings (SSSR count). The average Bonchev–Trinajstić information content (AvgIpc) is 2.89. The quantitative estimate of drug-likeness (QED) is 0.678. The Labute approximate surface area is 199 Å². The van der Waals surface area contributed by atoms with Gasteiger partial charge in [0.15, 0.2) is 0 Å². The van der Waals surface area contributed by atoms with Gasteiger partial charge in [0.05, 0.1) is 19.8 Å². The fraction of sp³-hybridized carbons (Fsp3) is 0.500. The van der Waals surface area contributed by atoms with E-state index < -0.39 is 0 Å². The van der Waals surface area contributed by atoms with Crippen molar-refractivity contribution >= 4 is 17.9 Å². The lowest BCUT2D eigenvalue weighted by Gasteiger charge is -2.35. The van der Waals surface area contributed by atoms with Gasteiger partial charge in [0.25, 0.3) is 0 Å². The summed E-state index contributed by atoms with van der Waals surface area (Å²) < 4.78 is 10.9. The molecule has 0 unspecified atom stereocenters. The van der Waals surface area contributed by atoms with E-state index in [9.17, 15) is 9.59 Å². The first kappa shape index (κ1) is 23.9. The number of nitrogens with two attached hydrogens (primary N) is 1. The second kappa shape index (κ2) is 11.3. The van der Waals surface area contributed by atoms with Gasteiger partial charge in [-0.1, -0.05) is 18.2 Å². The van der Waals surface area contributed by atoms with Crippen LogP contribution in [0.25, 0.3) is 11.1 Å². The molecule has 2 aromatic rings. The van der Waals surface area contributed by atoms with Gasteiger partial charge in [-0.05, 0) is 17.2 Å². The second-order valence-electron chi connectivity index (χ2n) is 8.60. The van der Waals surface area contributed by atoms with Crippen molar-refractivity contribution in [1.29, 1.82) is 0 Å². The van der Waals surface area contributed by atoms with Gasteiger partial charge < -0.3 is 29.9 Å². The van der Waals surface area contributed by atoms with Crippen LogP contribution in [0, 0.1) is 0 Å². The van der Waals surface area contributed by atoms with Gasteiger partial charge in [-0.25, -0.2) is 14.8 Å². The van der Waals surface area contributed by atoms with Crippen molar-refractivity contribution in [3.05, 3.63) is 42.2 Å². The zero-order valence-corrected chi connectivity index (χ0v) is 19.6. The molecule has 2 amide bonds. The molecule has 0 aliphatic carbocycles. The molecular formula is C24H32N6O4. The third-order valence-electron chi connectivity index (χ3n) is 6.18. The molecule has 1 aromatic heterocycles. The number of hydrogen-bond donors (Lipinski definition) is 1. The summed E-state index contributed by atoms with van der Waals surface area (Å²) in [6.45, 7) is 4.23. The molecule has 0 atom stereocenters. The molecule has 3 heterocycles. The van der Waals surface area contributed by atoms with E-state index in [4.69, 9.17) is 15.2 Å². The summed E-state index contributed by atoms with van der Waals surface area (Å²) in [6.07, 6.45) is 4.84. The molecule has 0 spiro atoms. The average molecular weight is 469 g/mol. The van der Waals surface area contributed by atoms with Crippen molar-refractivity contribution in [2.24, 2.45) is 5.73 Å². The lowest BCUT2D eigenvalue weighted by molar-refractivity contribution is -0.128. The van der Waals surface area contributed by atoms with Gasteiger partial charge in [0, 0.05) is 70.6 Å². The minimum Gasteiger partial charge on any atom is -0.446 e. The first-order valence-corrected chi connectivity index (χ1v) is 11.7. The van der Waals surface area contributed by atoms with Crippen LogP contribution >= 0.6 is 0 Å². The molecule has 2 saturated heterocycles. The van der Waals surface area contributed by atoms with E-state index in [-0.39, 0.29) is 24.6 Å². The minimum atomic E-state index is -0.249. The van der Waals surface area contributed by atoms with Crippen LogP contribution in [0.5, 0.6) is 0 Å². The molecule has 2 aliphatic rings. The topological polar surface area (TPSA) is 114 Å². The maximum atomic E-state index is 12.4. The largest absolute Gasteiger partial charge is 0.446 e. The van der Waals surface area contributed by atoms with Gasteiger partial charge in [-0.2, -0.15) is 0 Å². The molecule has 0 saturated carbocycles. The Morgan fingerprint density at radius 3 is 2.50 bits per heavy atom. The number of carbonyl (C=O) groups excluding carboxylic acids is 2. The first-order chi connectivity index (χ1) is 16.5. The molecule has 10 heteroatoms. The number of aromatic nitrogens is 2. The van der Waals surface area contributed by atoms with Crippen molar-refractivity contribution in [1.82, 2.24) is 19.8 Å².